The van der Waals surface area contributed by atoms with E-state index in [9.17, 15) is 9.59 Å². The molecule has 0 fully saturated rings. The lowest BCUT2D eigenvalue weighted by atomic mass is 10.2. The van der Waals surface area contributed by atoms with E-state index in [1.165, 1.54) is 11.8 Å². The van der Waals surface area contributed by atoms with Gasteiger partial charge in [-0.05, 0) is 50.2 Å². The van der Waals surface area contributed by atoms with Crippen molar-refractivity contribution >= 4 is 28.6 Å². The third-order valence-corrected chi connectivity index (χ3v) is 5.76. The molecule has 4 rings (SSSR count). The third-order valence-electron chi connectivity index (χ3n) is 4.71. The number of benzene rings is 2. The van der Waals surface area contributed by atoms with Gasteiger partial charge in [0.25, 0.3) is 5.56 Å². The Morgan fingerprint density at radius 1 is 1.13 bits per heavy atom. The maximum Gasteiger partial charge on any atom is 0.266 e. The van der Waals surface area contributed by atoms with E-state index in [-0.39, 0.29) is 11.5 Å². The summed E-state index contributed by atoms with van der Waals surface area (Å²) in [5.74, 6) is 0.523. The van der Waals surface area contributed by atoms with Crippen molar-refractivity contribution in [2.75, 3.05) is 0 Å². The molecule has 0 unspecified atom stereocenters. The molecule has 6 nitrogen and oxygen atoms in total. The number of para-hydroxylation sites is 1. The molecule has 1 atom stereocenters. The topological polar surface area (TPSA) is 77.1 Å². The first-order valence-electron chi connectivity index (χ1n) is 9.58. The van der Waals surface area contributed by atoms with E-state index in [0.717, 1.165) is 11.3 Å². The molecule has 7 heteroatoms. The molecule has 2 aromatic heterocycles. The van der Waals surface area contributed by atoms with Crippen molar-refractivity contribution in [3.63, 3.8) is 0 Å². The van der Waals surface area contributed by atoms with Crippen LogP contribution in [0.3, 0.4) is 0 Å². The van der Waals surface area contributed by atoms with E-state index < -0.39 is 5.25 Å². The summed E-state index contributed by atoms with van der Waals surface area (Å²) in [6.45, 7) is 4.10. The number of nitrogens with zero attached hydrogens (tertiary/aromatic N) is 2. The van der Waals surface area contributed by atoms with Gasteiger partial charge >= 0.3 is 0 Å². The van der Waals surface area contributed by atoms with Crippen LogP contribution >= 0.6 is 11.8 Å². The van der Waals surface area contributed by atoms with Crippen LogP contribution in [0.5, 0.6) is 0 Å². The maximum absolute atomic E-state index is 13.3. The quantitative estimate of drug-likeness (QED) is 0.376. The highest BCUT2D eigenvalue weighted by molar-refractivity contribution is 8.00. The molecule has 0 bridgehead atoms. The summed E-state index contributed by atoms with van der Waals surface area (Å²) in [5.41, 5.74) is 2.27. The van der Waals surface area contributed by atoms with Crippen molar-refractivity contribution in [1.82, 2.24) is 14.9 Å². The molecule has 1 N–H and O–H groups in total. The van der Waals surface area contributed by atoms with Crippen molar-refractivity contribution in [3.05, 3.63) is 88.6 Å². The van der Waals surface area contributed by atoms with E-state index in [2.05, 4.69) is 5.32 Å². The van der Waals surface area contributed by atoms with Gasteiger partial charge in [0, 0.05) is 0 Å². The fourth-order valence-corrected chi connectivity index (χ4v) is 4.01. The van der Waals surface area contributed by atoms with Crippen LogP contribution < -0.4 is 10.9 Å². The molecule has 0 aliphatic heterocycles. The van der Waals surface area contributed by atoms with Crippen molar-refractivity contribution in [2.45, 2.75) is 30.8 Å². The SMILES string of the molecule is Cc1ccc(-n2c(S[C@@H](C)C(=O)NCc3ccco3)nc3ccccc3c2=O)cc1. The molecule has 30 heavy (non-hydrogen) atoms. The molecule has 0 aliphatic rings. The van der Waals surface area contributed by atoms with Gasteiger partial charge in [-0.3, -0.25) is 14.2 Å². The van der Waals surface area contributed by atoms with Gasteiger partial charge in [-0.1, -0.05) is 41.6 Å². The van der Waals surface area contributed by atoms with Gasteiger partial charge in [0.05, 0.1) is 34.6 Å². The van der Waals surface area contributed by atoms with Crippen LogP contribution in [0.4, 0.5) is 0 Å². The second-order valence-electron chi connectivity index (χ2n) is 6.94. The van der Waals surface area contributed by atoms with Gasteiger partial charge < -0.3 is 9.73 Å². The van der Waals surface area contributed by atoms with Crippen molar-refractivity contribution < 1.29 is 9.21 Å². The fourth-order valence-electron chi connectivity index (χ4n) is 3.06. The minimum atomic E-state index is -0.454. The Morgan fingerprint density at radius 3 is 2.63 bits per heavy atom. The monoisotopic (exact) mass is 419 g/mol. The van der Waals surface area contributed by atoms with Crippen molar-refractivity contribution in [3.8, 4) is 5.69 Å². The summed E-state index contributed by atoms with van der Waals surface area (Å²) in [4.78, 5) is 30.6. The lowest BCUT2D eigenvalue weighted by Gasteiger charge is -2.16. The summed E-state index contributed by atoms with van der Waals surface area (Å²) in [5, 5.41) is 3.42. The van der Waals surface area contributed by atoms with Crippen LogP contribution in [0, 0.1) is 6.92 Å². The van der Waals surface area contributed by atoms with E-state index in [4.69, 9.17) is 9.40 Å². The Kier molecular flexibility index (Phi) is 5.72. The number of furan rings is 1. The number of amides is 1. The molecule has 0 radical (unpaired) electrons. The largest absolute Gasteiger partial charge is 0.467 e. The highest BCUT2D eigenvalue weighted by atomic mass is 32.2. The summed E-state index contributed by atoms with van der Waals surface area (Å²) < 4.78 is 6.83. The van der Waals surface area contributed by atoms with Gasteiger partial charge in [0.15, 0.2) is 5.16 Å². The van der Waals surface area contributed by atoms with Crippen LogP contribution in [0.2, 0.25) is 0 Å². The van der Waals surface area contributed by atoms with Gasteiger partial charge in [0.1, 0.15) is 5.76 Å². The third kappa shape index (κ3) is 4.16. The number of rotatable bonds is 6. The second-order valence-corrected chi connectivity index (χ2v) is 8.25. The van der Waals surface area contributed by atoms with Crippen LogP contribution in [-0.2, 0) is 11.3 Å². The van der Waals surface area contributed by atoms with E-state index in [0.29, 0.717) is 28.4 Å². The lowest BCUT2D eigenvalue weighted by Crippen LogP contribution is -2.31. The molecule has 0 saturated carbocycles. The molecular weight excluding hydrogens is 398 g/mol. The van der Waals surface area contributed by atoms with E-state index in [1.807, 2.05) is 49.4 Å². The first kappa shape index (κ1) is 20.0. The van der Waals surface area contributed by atoms with E-state index in [1.54, 1.807) is 36.0 Å². The van der Waals surface area contributed by atoms with Gasteiger partial charge in [-0.25, -0.2) is 4.98 Å². The fraction of sp³-hybridized carbons (Fsp3) is 0.174. The standard InChI is InChI=1S/C23H21N3O3S/c1-15-9-11-17(12-10-15)26-22(28)19-7-3-4-8-20(19)25-23(26)30-16(2)21(27)24-14-18-6-5-13-29-18/h3-13,16H,14H2,1-2H3,(H,24,27)/t16-/m0/s1. The molecule has 0 spiro atoms. The number of thioether (sulfide) groups is 1. The normalized spacial score (nSPS) is 12.1. The zero-order valence-electron chi connectivity index (χ0n) is 16.7. The van der Waals surface area contributed by atoms with Gasteiger partial charge in [-0.15, -0.1) is 0 Å². The Balaban J connectivity index is 1.68. The molecule has 0 saturated heterocycles. The number of carbonyl (C=O) groups excluding carboxylic acids is 1. The lowest BCUT2D eigenvalue weighted by molar-refractivity contribution is -0.120. The number of hydrogen-bond donors (Lipinski definition) is 1. The van der Waals surface area contributed by atoms with Gasteiger partial charge in [0.2, 0.25) is 5.91 Å². The highest BCUT2D eigenvalue weighted by Crippen LogP contribution is 2.25. The second kappa shape index (κ2) is 8.59. The van der Waals surface area contributed by atoms with Gasteiger partial charge in [-0.2, -0.15) is 0 Å². The predicted octanol–water partition coefficient (Wildman–Crippen LogP) is 4.08. The smallest absolute Gasteiger partial charge is 0.266 e. The average molecular weight is 420 g/mol. The van der Waals surface area contributed by atoms with Crippen LogP contribution in [0.25, 0.3) is 16.6 Å². The molecule has 1 amide bonds. The Labute approximate surface area is 177 Å². The number of carbonyl (C=O) groups is 1. The minimum Gasteiger partial charge on any atom is -0.467 e. The Morgan fingerprint density at radius 2 is 1.90 bits per heavy atom. The molecule has 4 aromatic rings. The Bertz CT molecular complexity index is 1230. The van der Waals surface area contributed by atoms with Crippen molar-refractivity contribution in [1.29, 1.82) is 0 Å². The van der Waals surface area contributed by atoms with Crippen molar-refractivity contribution in [2.24, 2.45) is 0 Å². The van der Waals surface area contributed by atoms with Crippen LogP contribution in [0.15, 0.2) is 81.3 Å². The molecule has 2 heterocycles. The number of hydrogen-bond acceptors (Lipinski definition) is 5. The Hall–Kier alpha value is -3.32. The average Bonchev–Trinajstić information content (AvgIpc) is 3.27. The summed E-state index contributed by atoms with van der Waals surface area (Å²) in [6, 6.07) is 18.5. The molecule has 2 aromatic carbocycles. The first-order valence-corrected chi connectivity index (χ1v) is 10.5. The molecule has 152 valence electrons. The zero-order chi connectivity index (χ0) is 21.1. The van der Waals surface area contributed by atoms with Crippen LogP contribution in [-0.4, -0.2) is 20.7 Å². The molecular formula is C23H21N3O3S. The summed E-state index contributed by atoms with van der Waals surface area (Å²) in [6.07, 6.45) is 1.57. The first-order chi connectivity index (χ1) is 14.5. The van der Waals surface area contributed by atoms with E-state index >= 15 is 0 Å². The summed E-state index contributed by atoms with van der Waals surface area (Å²) >= 11 is 1.25. The zero-order valence-corrected chi connectivity index (χ0v) is 17.5. The predicted molar refractivity (Wildman–Crippen MR) is 118 cm³/mol. The number of aryl methyl sites for hydroxylation is 1. The minimum absolute atomic E-state index is 0.157. The number of aromatic nitrogens is 2. The number of fused-ring (bicyclic) bond motifs is 1. The maximum atomic E-state index is 13.3. The highest BCUT2D eigenvalue weighted by Gasteiger charge is 2.20. The molecule has 0 aliphatic carbocycles. The summed E-state index contributed by atoms with van der Waals surface area (Å²) in [7, 11) is 0. The van der Waals surface area contributed by atoms with Crippen LogP contribution in [0.1, 0.15) is 18.2 Å². The number of nitrogens with one attached hydrogen (secondary N) is 1.